The Balaban J connectivity index is 1.35. The number of para-hydroxylation sites is 1. The van der Waals surface area contributed by atoms with E-state index >= 15 is 0 Å². The molecule has 1 saturated carbocycles. The number of nitrogens with one attached hydrogen (secondary N) is 1. The van der Waals surface area contributed by atoms with Crippen LogP contribution in [0.5, 0.6) is 5.75 Å². The van der Waals surface area contributed by atoms with Gasteiger partial charge in [0.25, 0.3) is 0 Å². The second-order valence-corrected chi connectivity index (χ2v) is 8.22. The van der Waals surface area contributed by atoms with Gasteiger partial charge >= 0.3 is 0 Å². The number of amides is 3. The van der Waals surface area contributed by atoms with Crippen LogP contribution in [0.25, 0.3) is 11.3 Å². The maximum absolute atomic E-state index is 12.5. The van der Waals surface area contributed by atoms with Crippen molar-refractivity contribution >= 4 is 34.2 Å². The van der Waals surface area contributed by atoms with Crippen LogP contribution in [0.1, 0.15) is 32.1 Å². The molecule has 4 rings (SSSR count). The Labute approximate surface area is 173 Å². The van der Waals surface area contributed by atoms with Crippen LogP contribution >= 0.6 is 11.3 Å². The second kappa shape index (κ2) is 8.32. The zero-order valence-corrected chi connectivity index (χ0v) is 17.0. The summed E-state index contributed by atoms with van der Waals surface area (Å²) in [6.07, 6.45) is 3.62. The SMILES string of the molecule is COc1ccccc1-c1csc(NC(=O)CCN2C(=O)C3CCCCC3C2=O)n1. The number of likely N-dealkylation sites (tertiary alicyclic amines) is 1. The van der Waals surface area contributed by atoms with Gasteiger partial charge in [0.05, 0.1) is 24.6 Å². The van der Waals surface area contributed by atoms with E-state index in [9.17, 15) is 14.4 Å². The maximum Gasteiger partial charge on any atom is 0.233 e. The number of hydrogen-bond acceptors (Lipinski definition) is 6. The third-order valence-corrected chi connectivity index (χ3v) is 6.39. The van der Waals surface area contributed by atoms with Crippen molar-refractivity contribution in [1.29, 1.82) is 0 Å². The van der Waals surface area contributed by atoms with Crippen LogP contribution < -0.4 is 10.1 Å². The molecule has 1 aromatic heterocycles. The minimum Gasteiger partial charge on any atom is -0.496 e. The minimum atomic E-state index is -0.263. The van der Waals surface area contributed by atoms with Crippen LogP contribution in [0.4, 0.5) is 5.13 Å². The standard InChI is InChI=1S/C21H23N3O4S/c1-28-17-9-5-4-8-15(17)16-12-29-21(22-16)23-18(25)10-11-24-19(26)13-6-2-3-7-14(13)20(24)27/h4-5,8-9,12-14H,2-3,6-7,10-11H2,1H3,(H,22,23,25). The van der Waals surface area contributed by atoms with Gasteiger partial charge in [-0.1, -0.05) is 25.0 Å². The first-order valence-electron chi connectivity index (χ1n) is 9.82. The van der Waals surface area contributed by atoms with E-state index in [1.165, 1.54) is 16.2 Å². The highest BCUT2D eigenvalue weighted by Gasteiger charge is 2.47. The molecule has 7 nitrogen and oxygen atoms in total. The Kier molecular flexibility index (Phi) is 5.62. The van der Waals surface area contributed by atoms with E-state index in [0.29, 0.717) is 10.9 Å². The van der Waals surface area contributed by atoms with Crippen molar-refractivity contribution in [2.24, 2.45) is 11.8 Å². The van der Waals surface area contributed by atoms with Crippen molar-refractivity contribution in [3.8, 4) is 17.0 Å². The Morgan fingerprint density at radius 2 is 1.90 bits per heavy atom. The lowest BCUT2D eigenvalue weighted by molar-refractivity contribution is -0.140. The van der Waals surface area contributed by atoms with E-state index in [0.717, 1.165) is 36.9 Å². The van der Waals surface area contributed by atoms with Crippen LogP contribution in [0.15, 0.2) is 29.6 Å². The van der Waals surface area contributed by atoms with Gasteiger partial charge in [-0.25, -0.2) is 4.98 Å². The van der Waals surface area contributed by atoms with Crippen molar-refractivity contribution < 1.29 is 19.1 Å². The van der Waals surface area contributed by atoms with Gasteiger partial charge in [-0.05, 0) is 25.0 Å². The molecule has 1 N–H and O–H groups in total. The molecule has 1 saturated heterocycles. The normalized spacial score (nSPS) is 21.2. The zero-order valence-electron chi connectivity index (χ0n) is 16.2. The average Bonchev–Trinajstić information content (AvgIpc) is 3.30. The predicted octanol–water partition coefficient (Wildman–Crippen LogP) is 3.32. The quantitative estimate of drug-likeness (QED) is 0.734. The number of methoxy groups -OCH3 is 1. The van der Waals surface area contributed by atoms with Crippen LogP contribution in [-0.2, 0) is 14.4 Å². The molecule has 2 atom stereocenters. The van der Waals surface area contributed by atoms with Crippen molar-refractivity contribution in [3.63, 3.8) is 0 Å². The maximum atomic E-state index is 12.5. The Hall–Kier alpha value is -2.74. The minimum absolute atomic E-state index is 0.0699. The summed E-state index contributed by atoms with van der Waals surface area (Å²) in [5.41, 5.74) is 1.57. The van der Waals surface area contributed by atoms with Crippen LogP contribution in [0.3, 0.4) is 0 Å². The average molecular weight is 413 g/mol. The molecule has 2 aromatic rings. The molecule has 0 bridgehead atoms. The van der Waals surface area contributed by atoms with E-state index in [2.05, 4.69) is 10.3 Å². The number of fused-ring (bicyclic) bond motifs is 1. The molecule has 2 unspecified atom stereocenters. The highest BCUT2D eigenvalue weighted by Crippen LogP contribution is 2.38. The van der Waals surface area contributed by atoms with Gasteiger partial charge in [-0.15, -0.1) is 11.3 Å². The zero-order chi connectivity index (χ0) is 20.4. The molecule has 29 heavy (non-hydrogen) atoms. The van der Waals surface area contributed by atoms with E-state index in [1.54, 1.807) is 7.11 Å². The summed E-state index contributed by atoms with van der Waals surface area (Å²) in [4.78, 5) is 43.1. The fourth-order valence-corrected chi connectivity index (χ4v) is 4.88. The van der Waals surface area contributed by atoms with Gasteiger partial charge in [0, 0.05) is 23.9 Å². The number of rotatable bonds is 6. The smallest absolute Gasteiger partial charge is 0.233 e. The summed E-state index contributed by atoms with van der Waals surface area (Å²) in [6, 6.07) is 7.55. The van der Waals surface area contributed by atoms with Crippen LogP contribution in [-0.4, -0.2) is 41.3 Å². The summed E-state index contributed by atoms with van der Waals surface area (Å²) < 4.78 is 5.35. The summed E-state index contributed by atoms with van der Waals surface area (Å²) in [5.74, 6) is -0.131. The number of hydrogen-bond donors (Lipinski definition) is 1. The first-order valence-corrected chi connectivity index (χ1v) is 10.7. The van der Waals surface area contributed by atoms with E-state index < -0.39 is 0 Å². The monoisotopic (exact) mass is 413 g/mol. The molecule has 1 aliphatic heterocycles. The van der Waals surface area contributed by atoms with Crippen molar-refractivity contribution in [2.45, 2.75) is 32.1 Å². The van der Waals surface area contributed by atoms with Gasteiger partial charge in [0.2, 0.25) is 17.7 Å². The number of carbonyl (C=O) groups is 3. The van der Waals surface area contributed by atoms with Gasteiger partial charge in [-0.3, -0.25) is 19.3 Å². The predicted molar refractivity (Wildman–Crippen MR) is 110 cm³/mol. The first-order chi connectivity index (χ1) is 14.1. The van der Waals surface area contributed by atoms with Crippen molar-refractivity contribution in [1.82, 2.24) is 9.88 Å². The Morgan fingerprint density at radius 3 is 2.59 bits per heavy atom. The molecule has 0 spiro atoms. The molecule has 3 amide bonds. The summed E-state index contributed by atoms with van der Waals surface area (Å²) in [6.45, 7) is 0.126. The summed E-state index contributed by atoms with van der Waals surface area (Å²) in [5, 5.41) is 5.09. The number of benzene rings is 1. The van der Waals surface area contributed by atoms with Crippen molar-refractivity contribution in [3.05, 3.63) is 29.6 Å². The lowest BCUT2D eigenvalue weighted by Crippen LogP contribution is -2.34. The van der Waals surface area contributed by atoms with Gasteiger partial charge in [-0.2, -0.15) is 0 Å². The van der Waals surface area contributed by atoms with Crippen LogP contribution in [0.2, 0.25) is 0 Å². The van der Waals surface area contributed by atoms with E-state index in [-0.39, 0.29) is 42.5 Å². The largest absolute Gasteiger partial charge is 0.496 e. The Morgan fingerprint density at radius 1 is 1.21 bits per heavy atom. The number of anilines is 1. The number of aromatic nitrogens is 1. The lowest BCUT2D eigenvalue weighted by atomic mass is 9.81. The molecule has 0 radical (unpaired) electrons. The third kappa shape index (κ3) is 3.89. The number of carbonyl (C=O) groups excluding carboxylic acids is 3. The van der Waals surface area contributed by atoms with E-state index in [1.807, 2.05) is 29.6 Å². The molecule has 2 aliphatic rings. The second-order valence-electron chi connectivity index (χ2n) is 7.36. The fourth-order valence-electron chi connectivity index (χ4n) is 4.16. The molecular weight excluding hydrogens is 390 g/mol. The molecular formula is C21H23N3O4S. The van der Waals surface area contributed by atoms with E-state index in [4.69, 9.17) is 4.74 Å². The first kappa shape index (κ1) is 19.6. The molecule has 1 aromatic carbocycles. The number of imide groups is 1. The molecule has 1 aliphatic carbocycles. The number of nitrogens with zero attached hydrogens (tertiary/aromatic N) is 2. The summed E-state index contributed by atoms with van der Waals surface area (Å²) in [7, 11) is 1.60. The fraction of sp³-hybridized carbons (Fsp3) is 0.429. The molecule has 152 valence electrons. The number of thiazole rings is 1. The van der Waals surface area contributed by atoms with Crippen molar-refractivity contribution in [2.75, 3.05) is 19.0 Å². The Bertz CT molecular complexity index is 918. The third-order valence-electron chi connectivity index (χ3n) is 5.63. The topological polar surface area (TPSA) is 88.6 Å². The highest BCUT2D eigenvalue weighted by molar-refractivity contribution is 7.14. The van der Waals surface area contributed by atoms with Gasteiger partial charge in [0.15, 0.2) is 5.13 Å². The molecule has 8 heteroatoms. The molecule has 2 heterocycles. The summed E-state index contributed by atoms with van der Waals surface area (Å²) >= 11 is 1.32. The number of ether oxygens (including phenoxy) is 1. The molecule has 2 fully saturated rings. The van der Waals surface area contributed by atoms with Crippen LogP contribution in [0, 0.1) is 11.8 Å². The highest BCUT2D eigenvalue weighted by atomic mass is 32.1. The van der Waals surface area contributed by atoms with Gasteiger partial charge in [0.1, 0.15) is 5.75 Å². The lowest BCUT2D eigenvalue weighted by Gasteiger charge is -2.19. The van der Waals surface area contributed by atoms with Gasteiger partial charge < -0.3 is 10.1 Å².